The smallest absolute Gasteiger partial charge is 0.227 e. The van der Waals surface area contributed by atoms with E-state index in [2.05, 4.69) is 65.0 Å². The van der Waals surface area contributed by atoms with Crippen molar-refractivity contribution < 1.29 is 4.79 Å². The van der Waals surface area contributed by atoms with E-state index in [1.54, 1.807) is 0 Å². The zero-order valence-corrected chi connectivity index (χ0v) is 14.8. The zero-order chi connectivity index (χ0) is 17.0. The summed E-state index contributed by atoms with van der Waals surface area (Å²) in [6.45, 7) is 10.4. The number of carbonyl (C=O) groups excluding carboxylic acids is 1. The van der Waals surface area contributed by atoms with Crippen molar-refractivity contribution in [2.75, 3.05) is 0 Å². The summed E-state index contributed by atoms with van der Waals surface area (Å²) in [5.41, 5.74) is 4.64. The Morgan fingerprint density at radius 1 is 0.913 bits per heavy atom. The molecule has 0 atom stereocenters. The van der Waals surface area contributed by atoms with Crippen molar-refractivity contribution in [3.05, 3.63) is 59.7 Å². The lowest BCUT2D eigenvalue weighted by atomic mass is 9.97. The molecule has 0 heterocycles. The number of carbonyl (C=O) groups is 1. The fourth-order valence-electron chi connectivity index (χ4n) is 3.10. The van der Waals surface area contributed by atoms with Gasteiger partial charge in [0, 0.05) is 12.1 Å². The van der Waals surface area contributed by atoms with Crippen LogP contribution in [0, 0.1) is 6.92 Å². The third kappa shape index (κ3) is 4.22. The second kappa shape index (κ2) is 7.45. The SMILES string of the molecule is Cc1ccc(-c2ccccc2)cc1CC(=O)N(C(C)C)C(C)C. The van der Waals surface area contributed by atoms with E-state index >= 15 is 0 Å². The molecule has 2 rings (SSSR count). The minimum atomic E-state index is 0.198. The van der Waals surface area contributed by atoms with Crippen LogP contribution in [-0.2, 0) is 11.2 Å². The van der Waals surface area contributed by atoms with Crippen molar-refractivity contribution in [2.45, 2.75) is 53.1 Å². The van der Waals surface area contributed by atoms with Crippen molar-refractivity contribution >= 4 is 5.91 Å². The van der Waals surface area contributed by atoms with Gasteiger partial charge in [-0.15, -0.1) is 0 Å². The van der Waals surface area contributed by atoms with Crippen LogP contribution in [0.2, 0.25) is 0 Å². The number of amides is 1. The molecule has 2 nitrogen and oxygen atoms in total. The maximum absolute atomic E-state index is 12.7. The Morgan fingerprint density at radius 2 is 1.52 bits per heavy atom. The highest BCUT2D eigenvalue weighted by molar-refractivity contribution is 5.80. The Morgan fingerprint density at radius 3 is 2.09 bits per heavy atom. The molecule has 2 aromatic carbocycles. The summed E-state index contributed by atoms with van der Waals surface area (Å²) in [7, 11) is 0. The molecule has 0 radical (unpaired) electrons. The van der Waals surface area contributed by atoms with Crippen LogP contribution < -0.4 is 0 Å². The van der Waals surface area contributed by atoms with Crippen molar-refractivity contribution in [2.24, 2.45) is 0 Å². The molecule has 0 bridgehead atoms. The van der Waals surface area contributed by atoms with Crippen molar-refractivity contribution in [1.29, 1.82) is 0 Å². The molecule has 122 valence electrons. The van der Waals surface area contributed by atoms with Gasteiger partial charge in [-0.05, 0) is 56.9 Å². The molecule has 23 heavy (non-hydrogen) atoms. The third-order valence-electron chi connectivity index (χ3n) is 4.20. The average Bonchev–Trinajstić information content (AvgIpc) is 2.49. The molecule has 0 N–H and O–H groups in total. The molecule has 0 unspecified atom stereocenters. The van der Waals surface area contributed by atoms with Gasteiger partial charge in [-0.1, -0.05) is 48.5 Å². The number of hydrogen-bond acceptors (Lipinski definition) is 1. The molecule has 0 aromatic heterocycles. The summed E-state index contributed by atoms with van der Waals surface area (Å²) in [4.78, 5) is 14.7. The first-order chi connectivity index (χ1) is 10.9. The lowest BCUT2D eigenvalue weighted by Gasteiger charge is -2.31. The lowest BCUT2D eigenvalue weighted by Crippen LogP contribution is -2.42. The van der Waals surface area contributed by atoms with E-state index in [1.807, 2.05) is 23.1 Å². The second-order valence-corrected chi connectivity index (χ2v) is 6.67. The molecule has 0 fully saturated rings. The molecule has 0 aliphatic rings. The van der Waals surface area contributed by atoms with Crippen LogP contribution in [0.1, 0.15) is 38.8 Å². The van der Waals surface area contributed by atoms with Gasteiger partial charge in [0.15, 0.2) is 0 Å². The van der Waals surface area contributed by atoms with E-state index in [0.29, 0.717) is 6.42 Å². The summed E-state index contributed by atoms with van der Waals surface area (Å²) < 4.78 is 0. The number of nitrogens with zero attached hydrogens (tertiary/aromatic N) is 1. The maximum Gasteiger partial charge on any atom is 0.227 e. The minimum absolute atomic E-state index is 0.198. The average molecular weight is 309 g/mol. The predicted octanol–water partition coefficient (Wildman–Crippen LogP) is 4.85. The number of aryl methyl sites for hydroxylation is 1. The first-order valence-corrected chi connectivity index (χ1v) is 8.36. The Hall–Kier alpha value is -2.09. The van der Waals surface area contributed by atoms with Crippen LogP contribution in [0.5, 0.6) is 0 Å². The van der Waals surface area contributed by atoms with Crippen LogP contribution in [0.3, 0.4) is 0 Å². The Balaban J connectivity index is 2.28. The quantitative estimate of drug-likeness (QED) is 0.773. The third-order valence-corrected chi connectivity index (χ3v) is 4.20. The van der Waals surface area contributed by atoms with Crippen LogP contribution in [0.15, 0.2) is 48.5 Å². The molecular weight excluding hydrogens is 282 g/mol. The van der Waals surface area contributed by atoms with Crippen LogP contribution in [-0.4, -0.2) is 22.9 Å². The topological polar surface area (TPSA) is 20.3 Å². The number of benzene rings is 2. The number of hydrogen-bond donors (Lipinski definition) is 0. The van der Waals surface area contributed by atoms with Crippen molar-refractivity contribution in [3.63, 3.8) is 0 Å². The van der Waals surface area contributed by atoms with Gasteiger partial charge >= 0.3 is 0 Å². The molecule has 0 aliphatic heterocycles. The van der Waals surface area contributed by atoms with Crippen LogP contribution >= 0.6 is 0 Å². The van der Waals surface area contributed by atoms with Gasteiger partial charge in [-0.25, -0.2) is 0 Å². The zero-order valence-electron chi connectivity index (χ0n) is 14.8. The van der Waals surface area contributed by atoms with Gasteiger partial charge < -0.3 is 4.90 Å². The highest BCUT2D eigenvalue weighted by atomic mass is 16.2. The molecule has 0 aliphatic carbocycles. The van der Waals surface area contributed by atoms with E-state index in [-0.39, 0.29) is 18.0 Å². The van der Waals surface area contributed by atoms with E-state index < -0.39 is 0 Å². The Labute approximate surface area is 140 Å². The van der Waals surface area contributed by atoms with Crippen molar-refractivity contribution in [3.8, 4) is 11.1 Å². The summed E-state index contributed by atoms with van der Waals surface area (Å²) in [6.07, 6.45) is 0.461. The van der Waals surface area contributed by atoms with Gasteiger partial charge in [-0.2, -0.15) is 0 Å². The van der Waals surface area contributed by atoms with E-state index in [4.69, 9.17) is 0 Å². The Bertz CT molecular complexity index is 651. The summed E-state index contributed by atoms with van der Waals surface area (Å²) in [5, 5.41) is 0. The first-order valence-electron chi connectivity index (χ1n) is 8.36. The summed E-state index contributed by atoms with van der Waals surface area (Å²) in [5.74, 6) is 0.198. The van der Waals surface area contributed by atoms with E-state index in [9.17, 15) is 4.79 Å². The molecule has 2 heteroatoms. The highest BCUT2D eigenvalue weighted by Crippen LogP contribution is 2.23. The number of rotatable bonds is 5. The normalized spacial score (nSPS) is 11.1. The van der Waals surface area contributed by atoms with E-state index in [0.717, 1.165) is 5.56 Å². The largest absolute Gasteiger partial charge is 0.338 e. The van der Waals surface area contributed by atoms with Gasteiger partial charge in [0.25, 0.3) is 0 Å². The van der Waals surface area contributed by atoms with Gasteiger partial charge in [0.1, 0.15) is 0 Å². The molecule has 0 saturated heterocycles. The lowest BCUT2D eigenvalue weighted by molar-refractivity contribution is -0.134. The highest BCUT2D eigenvalue weighted by Gasteiger charge is 2.20. The van der Waals surface area contributed by atoms with Gasteiger partial charge in [0.05, 0.1) is 6.42 Å². The molecule has 2 aromatic rings. The summed E-state index contributed by atoms with van der Waals surface area (Å²) in [6, 6.07) is 17.1. The molecule has 0 saturated carbocycles. The molecular formula is C21H27NO. The van der Waals surface area contributed by atoms with Crippen LogP contribution in [0.4, 0.5) is 0 Å². The standard InChI is InChI=1S/C21H27NO/c1-15(2)22(16(3)4)21(23)14-20-13-19(12-11-17(20)5)18-9-7-6-8-10-18/h6-13,15-16H,14H2,1-5H3. The Kier molecular flexibility index (Phi) is 5.59. The fourth-order valence-corrected chi connectivity index (χ4v) is 3.10. The molecule has 0 spiro atoms. The minimum Gasteiger partial charge on any atom is -0.338 e. The molecule has 1 amide bonds. The van der Waals surface area contributed by atoms with Gasteiger partial charge in [-0.3, -0.25) is 4.79 Å². The van der Waals surface area contributed by atoms with E-state index in [1.165, 1.54) is 16.7 Å². The van der Waals surface area contributed by atoms with Crippen LogP contribution in [0.25, 0.3) is 11.1 Å². The fraction of sp³-hybridized carbons (Fsp3) is 0.381. The monoisotopic (exact) mass is 309 g/mol. The maximum atomic E-state index is 12.7. The first kappa shape index (κ1) is 17.3. The van der Waals surface area contributed by atoms with Crippen molar-refractivity contribution in [1.82, 2.24) is 4.90 Å². The second-order valence-electron chi connectivity index (χ2n) is 6.67. The predicted molar refractivity (Wildman–Crippen MR) is 97.4 cm³/mol. The summed E-state index contributed by atoms with van der Waals surface area (Å²) >= 11 is 0. The van der Waals surface area contributed by atoms with Gasteiger partial charge in [0.2, 0.25) is 5.91 Å².